The molecule has 3 heterocycles. The highest BCUT2D eigenvalue weighted by Gasteiger charge is 2.29. The summed E-state index contributed by atoms with van der Waals surface area (Å²) < 4.78 is 10.8. The number of hydrogen-bond donors (Lipinski definition) is 2. The van der Waals surface area contributed by atoms with Crippen LogP contribution in [-0.2, 0) is 4.79 Å². The molecule has 0 bridgehead atoms. The van der Waals surface area contributed by atoms with Crippen molar-refractivity contribution in [2.45, 2.75) is 38.5 Å². The zero-order valence-corrected chi connectivity index (χ0v) is 15.9. The van der Waals surface area contributed by atoms with E-state index < -0.39 is 0 Å². The van der Waals surface area contributed by atoms with E-state index in [1.54, 1.807) is 23.1 Å². The van der Waals surface area contributed by atoms with E-state index in [0.717, 1.165) is 12.8 Å². The molecule has 0 radical (unpaired) electrons. The lowest BCUT2D eigenvalue weighted by molar-refractivity contribution is -0.118. The molecule has 0 spiro atoms. The van der Waals surface area contributed by atoms with E-state index >= 15 is 0 Å². The van der Waals surface area contributed by atoms with Gasteiger partial charge in [0, 0.05) is 30.8 Å². The molecule has 3 amide bonds. The van der Waals surface area contributed by atoms with Gasteiger partial charge in [-0.2, -0.15) is 4.98 Å². The number of piperidine rings is 1. The molecule has 1 aromatic heterocycles. The average Bonchev–Trinajstić information content (AvgIpc) is 3.19. The van der Waals surface area contributed by atoms with Crippen LogP contribution in [0.5, 0.6) is 5.75 Å². The predicted molar refractivity (Wildman–Crippen MR) is 102 cm³/mol. The van der Waals surface area contributed by atoms with Crippen molar-refractivity contribution in [2.24, 2.45) is 0 Å². The molecular weight excluding hydrogens is 362 g/mol. The molecule has 2 aliphatic rings. The van der Waals surface area contributed by atoms with E-state index in [1.165, 1.54) is 0 Å². The Morgan fingerprint density at radius 2 is 2.25 bits per heavy atom. The molecule has 1 atom stereocenters. The van der Waals surface area contributed by atoms with Crippen LogP contribution in [0.1, 0.15) is 50.2 Å². The second-order valence-corrected chi connectivity index (χ2v) is 7.41. The summed E-state index contributed by atoms with van der Waals surface area (Å²) in [4.78, 5) is 30.3. The fourth-order valence-electron chi connectivity index (χ4n) is 3.37. The Morgan fingerprint density at radius 3 is 3.04 bits per heavy atom. The minimum absolute atomic E-state index is 0.0270. The molecule has 1 fully saturated rings. The molecule has 148 valence electrons. The van der Waals surface area contributed by atoms with Gasteiger partial charge in [0.1, 0.15) is 5.75 Å². The monoisotopic (exact) mass is 385 g/mol. The molecule has 9 nitrogen and oxygen atoms in total. The number of carbonyl (C=O) groups excluding carboxylic acids is 2. The first-order valence-electron chi connectivity index (χ1n) is 9.45. The number of aromatic nitrogens is 2. The quantitative estimate of drug-likeness (QED) is 0.841. The van der Waals surface area contributed by atoms with Crippen molar-refractivity contribution in [1.29, 1.82) is 0 Å². The molecule has 28 heavy (non-hydrogen) atoms. The van der Waals surface area contributed by atoms with E-state index in [1.807, 2.05) is 13.8 Å². The third-order valence-corrected chi connectivity index (χ3v) is 4.90. The van der Waals surface area contributed by atoms with Gasteiger partial charge >= 0.3 is 6.03 Å². The molecule has 0 saturated carbocycles. The number of amides is 3. The van der Waals surface area contributed by atoms with E-state index in [2.05, 4.69) is 20.8 Å². The van der Waals surface area contributed by atoms with Crippen LogP contribution >= 0.6 is 0 Å². The Balaban J connectivity index is 1.41. The van der Waals surface area contributed by atoms with Gasteiger partial charge in [-0.3, -0.25) is 4.79 Å². The first kappa shape index (κ1) is 18.3. The summed E-state index contributed by atoms with van der Waals surface area (Å²) in [6.07, 6.45) is 1.78. The number of hydrogen-bond acceptors (Lipinski definition) is 6. The van der Waals surface area contributed by atoms with Crippen LogP contribution in [-0.4, -0.2) is 46.7 Å². The number of nitrogens with zero attached hydrogens (tertiary/aromatic N) is 3. The van der Waals surface area contributed by atoms with Gasteiger partial charge in [0.25, 0.3) is 5.91 Å². The number of urea groups is 1. The number of ether oxygens (including phenoxy) is 1. The summed E-state index contributed by atoms with van der Waals surface area (Å²) in [7, 11) is 0. The van der Waals surface area contributed by atoms with E-state index in [4.69, 9.17) is 9.26 Å². The second-order valence-electron chi connectivity index (χ2n) is 7.41. The third-order valence-electron chi connectivity index (χ3n) is 4.90. The summed E-state index contributed by atoms with van der Waals surface area (Å²) in [6.45, 7) is 5.21. The number of nitrogens with one attached hydrogen (secondary N) is 2. The number of rotatable bonds is 3. The predicted octanol–water partition coefficient (Wildman–Crippen LogP) is 2.94. The van der Waals surface area contributed by atoms with Gasteiger partial charge in [0.15, 0.2) is 12.4 Å². The van der Waals surface area contributed by atoms with Gasteiger partial charge < -0.3 is 24.8 Å². The zero-order chi connectivity index (χ0) is 19.7. The smallest absolute Gasteiger partial charge is 0.321 e. The lowest BCUT2D eigenvalue weighted by Crippen LogP contribution is -2.41. The van der Waals surface area contributed by atoms with Crippen LogP contribution in [0.2, 0.25) is 0 Å². The van der Waals surface area contributed by atoms with E-state index in [0.29, 0.717) is 41.9 Å². The van der Waals surface area contributed by atoms with Crippen LogP contribution in [0.25, 0.3) is 0 Å². The largest absolute Gasteiger partial charge is 0.482 e. The van der Waals surface area contributed by atoms with Crippen molar-refractivity contribution in [2.75, 3.05) is 30.3 Å². The normalized spacial score (nSPS) is 19.0. The first-order chi connectivity index (χ1) is 13.5. The van der Waals surface area contributed by atoms with Gasteiger partial charge in [0.2, 0.25) is 5.89 Å². The second kappa shape index (κ2) is 7.49. The molecule has 2 N–H and O–H groups in total. The summed E-state index contributed by atoms with van der Waals surface area (Å²) in [5, 5.41) is 9.65. The van der Waals surface area contributed by atoms with E-state index in [9.17, 15) is 9.59 Å². The summed E-state index contributed by atoms with van der Waals surface area (Å²) >= 11 is 0. The Labute approximate surface area is 162 Å². The summed E-state index contributed by atoms with van der Waals surface area (Å²) in [6, 6.07) is 4.97. The van der Waals surface area contributed by atoms with Crippen molar-refractivity contribution in [3.63, 3.8) is 0 Å². The van der Waals surface area contributed by atoms with Crippen LogP contribution < -0.4 is 15.4 Å². The third kappa shape index (κ3) is 3.78. The maximum Gasteiger partial charge on any atom is 0.321 e. The Morgan fingerprint density at radius 1 is 1.39 bits per heavy atom. The Kier molecular flexibility index (Phi) is 4.89. The van der Waals surface area contributed by atoms with Crippen molar-refractivity contribution in [3.05, 3.63) is 29.9 Å². The first-order valence-corrected chi connectivity index (χ1v) is 9.45. The van der Waals surface area contributed by atoms with Gasteiger partial charge in [-0.05, 0) is 25.0 Å². The van der Waals surface area contributed by atoms with Crippen LogP contribution in [0.4, 0.5) is 16.2 Å². The minimum atomic E-state index is -0.190. The van der Waals surface area contributed by atoms with Crippen molar-refractivity contribution < 1.29 is 18.8 Å². The number of anilines is 2. The molecule has 9 heteroatoms. The summed E-state index contributed by atoms with van der Waals surface area (Å²) in [5.74, 6) is 1.89. The maximum absolute atomic E-state index is 12.7. The molecule has 4 rings (SSSR count). The number of benzene rings is 1. The standard InChI is InChI=1S/C19H23N5O4/c1-11(2)17-22-18(28-23-17)12-4-3-7-24(9-12)19(26)20-13-5-6-14-15(8-13)27-10-16(25)21-14/h5-6,8,11-12H,3-4,7,9-10H2,1-2H3,(H,20,26)(H,21,25)/t12-/m1/s1. The highest BCUT2D eigenvalue weighted by Crippen LogP contribution is 2.31. The molecule has 1 aromatic carbocycles. The number of likely N-dealkylation sites (tertiary alicyclic amines) is 1. The molecule has 2 aromatic rings. The molecule has 2 aliphatic heterocycles. The SMILES string of the molecule is CC(C)c1noc([C@@H]2CCCN(C(=O)Nc3ccc4c(c3)OCC(=O)N4)C2)n1. The molecule has 0 aliphatic carbocycles. The topological polar surface area (TPSA) is 110 Å². The number of fused-ring (bicyclic) bond motifs is 1. The van der Waals surface area contributed by atoms with Gasteiger partial charge in [-0.15, -0.1) is 0 Å². The maximum atomic E-state index is 12.7. The minimum Gasteiger partial charge on any atom is -0.482 e. The number of carbonyl (C=O) groups is 2. The summed E-state index contributed by atoms with van der Waals surface area (Å²) in [5.41, 5.74) is 1.21. The fourth-order valence-corrected chi connectivity index (χ4v) is 3.37. The van der Waals surface area contributed by atoms with Crippen LogP contribution in [0, 0.1) is 0 Å². The van der Waals surface area contributed by atoms with E-state index in [-0.39, 0.29) is 30.4 Å². The molecule has 1 saturated heterocycles. The highest BCUT2D eigenvalue weighted by atomic mass is 16.5. The zero-order valence-electron chi connectivity index (χ0n) is 15.9. The van der Waals surface area contributed by atoms with Crippen molar-refractivity contribution >= 4 is 23.3 Å². The average molecular weight is 385 g/mol. The van der Waals surface area contributed by atoms with Crippen molar-refractivity contribution in [3.8, 4) is 5.75 Å². The highest BCUT2D eigenvalue weighted by molar-refractivity contribution is 5.96. The molecule has 0 unspecified atom stereocenters. The van der Waals surface area contributed by atoms with Gasteiger partial charge in [0.05, 0.1) is 11.6 Å². The van der Waals surface area contributed by atoms with Gasteiger partial charge in [-0.1, -0.05) is 19.0 Å². The van der Waals surface area contributed by atoms with Crippen molar-refractivity contribution in [1.82, 2.24) is 15.0 Å². The van der Waals surface area contributed by atoms with Gasteiger partial charge in [-0.25, -0.2) is 4.79 Å². The van der Waals surface area contributed by atoms with Crippen LogP contribution in [0.15, 0.2) is 22.7 Å². The lowest BCUT2D eigenvalue weighted by atomic mass is 9.98. The fraction of sp³-hybridized carbons (Fsp3) is 0.474. The Bertz CT molecular complexity index is 894. The van der Waals surface area contributed by atoms with Crippen LogP contribution in [0.3, 0.4) is 0 Å². The molecular formula is C19H23N5O4. The Hall–Kier alpha value is -3.10. The lowest BCUT2D eigenvalue weighted by Gasteiger charge is -2.31.